The number of anilines is 1. The fourth-order valence-corrected chi connectivity index (χ4v) is 1.89. The maximum absolute atomic E-state index is 11.8. The molecule has 0 aliphatic heterocycles. The minimum atomic E-state index is -0.247. The molecule has 0 aliphatic carbocycles. The van der Waals surface area contributed by atoms with E-state index in [4.69, 9.17) is 33.7 Å². The van der Waals surface area contributed by atoms with Crippen molar-refractivity contribution >= 4 is 34.8 Å². The van der Waals surface area contributed by atoms with E-state index in [9.17, 15) is 4.79 Å². The molecule has 0 radical (unpaired) electrons. The average Bonchev–Trinajstić information content (AvgIpc) is 2.39. The highest BCUT2D eigenvalue weighted by molar-refractivity contribution is 6.39. The van der Waals surface area contributed by atoms with Crippen molar-refractivity contribution in [2.24, 2.45) is 0 Å². The van der Waals surface area contributed by atoms with Crippen molar-refractivity contribution in [2.75, 3.05) is 25.5 Å². The van der Waals surface area contributed by atoms with Crippen LogP contribution in [0, 0.1) is 0 Å². The van der Waals surface area contributed by atoms with E-state index in [-0.39, 0.29) is 21.6 Å². The normalized spacial score (nSPS) is 10.5. The molecule has 6 heteroatoms. The first-order valence-corrected chi connectivity index (χ1v) is 6.92. The molecule has 4 nitrogen and oxygen atoms in total. The summed E-state index contributed by atoms with van der Waals surface area (Å²) in [7, 11) is 0. The number of benzene rings is 1. The van der Waals surface area contributed by atoms with Gasteiger partial charge < -0.3 is 15.8 Å². The summed E-state index contributed by atoms with van der Waals surface area (Å²) in [5, 5.41) is 3.28. The van der Waals surface area contributed by atoms with Crippen LogP contribution in [0.15, 0.2) is 12.1 Å². The molecule has 0 aliphatic rings. The molecule has 0 saturated heterocycles. The first kappa shape index (κ1) is 16.1. The lowest BCUT2D eigenvalue weighted by atomic mass is 10.2. The van der Waals surface area contributed by atoms with Gasteiger partial charge in [-0.05, 0) is 18.6 Å². The number of nitrogens with two attached hydrogens (primary N) is 1. The molecule has 0 spiro atoms. The average molecular weight is 305 g/mol. The minimum absolute atomic E-state index is 0.247. The Morgan fingerprint density at radius 1 is 1.32 bits per heavy atom. The molecule has 3 N–H and O–H groups in total. The van der Waals surface area contributed by atoms with Crippen molar-refractivity contribution in [1.29, 1.82) is 0 Å². The number of nitrogen functional groups attached to an aromatic ring is 1. The topological polar surface area (TPSA) is 64.3 Å². The molecular weight excluding hydrogens is 287 g/mol. The zero-order chi connectivity index (χ0) is 14.3. The first-order chi connectivity index (χ1) is 9.06. The maximum atomic E-state index is 11.8. The van der Waals surface area contributed by atoms with Crippen LogP contribution in [0.25, 0.3) is 0 Å². The summed E-state index contributed by atoms with van der Waals surface area (Å²) < 4.78 is 5.34. The van der Waals surface area contributed by atoms with Crippen molar-refractivity contribution in [3.8, 4) is 0 Å². The van der Waals surface area contributed by atoms with Gasteiger partial charge in [-0.2, -0.15) is 0 Å². The lowest BCUT2D eigenvalue weighted by Crippen LogP contribution is -2.27. The molecule has 1 aromatic rings. The van der Waals surface area contributed by atoms with E-state index in [1.165, 1.54) is 12.1 Å². The third-order valence-corrected chi connectivity index (χ3v) is 3.14. The Kier molecular flexibility index (Phi) is 6.99. The molecule has 1 amide bonds. The summed E-state index contributed by atoms with van der Waals surface area (Å²) in [6.45, 7) is 3.75. The van der Waals surface area contributed by atoms with Crippen LogP contribution in [0.4, 0.5) is 5.69 Å². The van der Waals surface area contributed by atoms with Crippen LogP contribution in [0.3, 0.4) is 0 Å². The second-order valence-corrected chi connectivity index (χ2v) is 4.89. The number of nitrogens with one attached hydrogen (secondary N) is 1. The van der Waals surface area contributed by atoms with Gasteiger partial charge in [0.2, 0.25) is 0 Å². The van der Waals surface area contributed by atoms with E-state index >= 15 is 0 Å². The van der Waals surface area contributed by atoms with Gasteiger partial charge in [0.05, 0.1) is 22.3 Å². The van der Waals surface area contributed by atoms with Gasteiger partial charge in [-0.15, -0.1) is 0 Å². The number of hydrogen-bond donors (Lipinski definition) is 2. The van der Waals surface area contributed by atoms with E-state index in [1.54, 1.807) is 0 Å². The van der Waals surface area contributed by atoms with E-state index in [0.29, 0.717) is 25.3 Å². The van der Waals surface area contributed by atoms with Gasteiger partial charge in [-0.25, -0.2) is 0 Å². The van der Waals surface area contributed by atoms with Crippen molar-refractivity contribution < 1.29 is 9.53 Å². The minimum Gasteiger partial charge on any atom is -0.396 e. The number of unbranched alkanes of at least 4 members (excludes halogenated alkanes) is 1. The number of carbonyl (C=O) groups is 1. The van der Waals surface area contributed by atoms with Crippen LogP contribution >= 0.6 is 23.2 Å². The molecule has 0 heterocycles. The van der Waals surface area contributed by atoms with Crippen LogP contribution in [0.5, 0.6) is 0 Å². The van der Waals surface area contributed by atoms with Crippen molar-refractivity contribution in [3.63, 3.8) is 0 Å². The van der Waals surface area contributed by atoms with Crippen LogP contribution in [0.2, 0.25) is 10.0 Å². The quantitative estimate of drug-likeness (QED) is 0.601. The van der Waals surface area contributed by atoms with Gasteiger partial charge in [0.25, 0.3) is 5.91 Å². The summed E-state index contributed by atoms with van der Waals surface area (Å²) in [6, 6.07) is 2.99. The van der Waals surface area contributed by atoms with Crippen molar-refractivity contribution in [3.05, 3.63) is 27.7 Å². The molecule has 1 aromatic carbocycles. The third-order valence-electron chi connectivity index (χ3n) is 2.52. The van der Waals surface area contributed by atoms with Gasteiger partial charge >= 0.3 is 0 Å². The number of carbonyl (C=O) groups excluding carboxylic acids is 1. The van der Waals surface area contributed by atoms with Gasteiger partial charge in [-0.3, -0.25) is 4.79 Å². The lowest BCUT2D eigenvalue weighted by molar-refractivity contribution is 0.0913. The Bertz CT molecular complexity index is 416. The molecule has 0 atom stereocenters. The lowest BCUT2D eigenvalue weighted by Gasteiger charge is -2.08. The Hall–Kier alpha value is -0.970. The second kappa shape index (κ2) is 8.25. The van der Waals surface area contributed by atoms with Gasteiger partial charge in [0.1, 0.15) is 0 Å². The van der Waals surface area contributed by atoms with Crippen molar-refractivity contribution in [2.45, 2.75) is 19.8 Å². The zero-order valence-corrected chi connectivity index (χ0v) is 12.4. The molecular formula is C13H18Cl2N2O2. The van der Waals surface area contributed by atoms with E-state index in [0.717, 1.165) is 12.8 Å². The number of rotatable bonds is 7. The summed E-state index contributed by atoms with van der Waals surface area (Å²) >= 11 is 11.7. The number of hydrogen-bond acceptors (Lipinski definition) is 3. The Morgan fingerprint density at radius 3 is 2.53 bits per heavy atom. The number of ether oxygens (including phenoxy) is 1. The Labute approximate surface area is 123 Å². The van der Waals surface area contributed by atoms with Crippen LogP contribution in [0.1, 0.15) is 30.1 Å². The first-order valence-electron chi connectivity index (χ1n) is 6.16. The van der Waals surface area contributed by atoms with Crippen molar-refractivity contribution in [1.82, 2.24) is 5.32 Å². The van der Waals surface area contributed by atoms with Gasteiger partial charge in [0.15, 0.2) is 0 Å². The Balaban J connectivity index is 2.42. The standard InChI is InChI=1S/C13H18Cl2N2O2/c1-2-3-5-19-6-4-17-13(18)9-7-10(14)12(16)11(15)8-9/h7-8H,2-6,16H2,1H3,(H,17,18). The van der Waals surface area contributed by atoms with E-state index in [1.807, 2.05) is 0 Å². The smallest absolute Gasteiger partial charge is 0.251 e. The monoisotopic (exact) mass is 304 g/mol. The molecule has 0 aromatic heterocycles. The largest absolute Gasteiger partial charge is 0.396 e. The molecule has 0 fully saturated rings. The molecule has 0 unspecified atom stereocenters. The van der Waals surface area contributed by atoms with E-state index in [2.05, 4.69) is 12.2 Å². The van der Waals surface area contributed by atoms with Crippen LogP contribution in [-0.4, -0.2) is 25.7 Å². The SMILES string of the molecule is CCCCOCCNC(=O)c1cc(Cl)c(N)c(Cl)c1. The fourth-order valence-electron chi connectivity index (χ4n) is 1.40. The van der Waals surface area contributed by atoms with E-state index < -0.39 is 0 Å². The molecule has 1 rings (SSSR count). The molecule has 106 valence electrons. The van der Waals surface area contributed by atoms with Gasteiger partial charge in [-0.1, -0.05) is 36.5 Å². The summed E-state index contributed by atoms with van der Waals surface area (Å²) in [6.07, 6.45) is 2.12. The highest BCUT2D eigenvalue weighted by atomic mass is 35.5. The Morgan fingerprint density at radius 2 is 1.95 bits per heavy atom. The number of halogens is 2. The van der Waals surface area contributed by atoms with Gasteiger partial charge in [0, 0.05) is 18.7 Å². The predicted molar refractivity (Wildman–Crippen MR) is 78.9 cm³/mol. The fraction of sp³-hybridized carbons (Fsp3) is 0.462. The third kappa shape index (κ3) is 5.27. The second-order valence-electron chi connectivity index (χ2n) is 4.08. The molecule has 19 heavy (non-hydrogen) atoms. The van der Waals surface area contributed by atoms with Crippen LogP contribution < -0.4 is 11.1 Å². The van der Waals surface area contributed by atoms with Crippen LogP contribution in [-0.2, 0) is 4.74 Å². The highest BCUT2D eigenvalue weighted by Gasteiger charge is 2.10. The maximum Gasteiger partial charge on any atom is 0.251 e. The predicted octanol–water partition coefficient (Wildman–Crippen LogP) is 3.12. The highest BCUT2D eigenvalue weighted by Crippen LogP contribution is 2.28. The zero-order valence-electron chi connectivity index (χ0n) is 10.8. The molecule has 0 saturated carbocycles. The molecule has 0 bridgehead atoms. The summed E-state index contributed by atoms with van der Waals surface area (Å²) in [5.41, 5.74) is 6.27. The summed E-state index contributed by atoms with van der Waals surface area (Å²) in [4.78, 5) is 11.8. The summed E-state index contributed by atoms with van der Waals surface area (Å²) in [5.74, 6) is -0.247. The number of amides is 1.